The van der Waals surface area contributed by atoms with Gasteiger partial charge in [-0.3, -0.25) is 4.79 Å². The summed E-state index contributed by atoms with van der Waals surface area (Å²) in [5.74, 6) is 0.845. The molecule has 1 saturated heterocycles. The van der Waals surface area contributed by atoms with Gasteiger partial charge in [-0.15, -0.1) is 0 Å². The summed E-state index contributed by atoms with van der Waals surface area (Å²) in [7, 11) is 0. The van der Waals surface area contributed by atoms with E-state index in [9.17, 15) is 4.79 Å². The van der Waals surface area contributed by atoms with E-state index in [2.05, 4.69) is 4.98 Å². The zero-order valence-electron chi connectivity index (χ0n) is 16.2. The number of ether oxygens (including phenoxy) is 1. The van der Waals surface area contributed by atoms with E-state index in [0.717, 1.165) is 42.1 Å². The van der Waals surface area contributed by atoms with Crippen LogP contribution in [0.15, 0.2) is 60.7 Å². The van der Waals surface area contributed by atoms with Crippen LogP contribution in [-0.2, 0) is 10.2 Å². The van der Waals surface area contributed by atoms with E-state index in [-0.39, 0.29) is 12.0 Å². The third-order valence-corrected chi connectivity index (χ3v) is 6.51. The van der Waals surface area contributed by atoms with Crippen molar-refractivity contribution in [3.8, 4) is 5.88 Å². The number of hydrogen-bond acceptors (Lipinski definition) is 3. The van der Waals surface area contributed by atoms with Crippen molar-refractivity contribution in [1.82, 2.24) is 9.88 Å². The number of carbonyl (C=O) groups excluding carboxylic acids is 1. The molecular formula is C24H23ClN2O2. The van der Waals surface area contributed by atoms with E-state index in [1.54, 1.807) is 0 Å². The summed E-state index contributed by atoms with van der Waals surface area (Å²) in [4.78, 5) is 19.9. The SMILES string of the molecule is O=C(N1CC(Oc2ccc3ccccc3n2)C1)C1(c2ccc(Cl)cc2)CCCC1. The van der Waals surface area contributed by atoms with E-state index in [1.807, 2.05) is 65.6 Å². The molecule has 5 rings (SSSR count). The maximum Gasteiger partial charge on any atom is 0.233 e. The van der Waals surface area contributed by atoms with Gasteiger partial charge in [0.25, 0.3) is 0 Å². The van der Waals surface area contributed by atoms with Gasteiger partial charge in [0.15, 0.2) is 0 Å². The van der Waals surface area contributed by atoms with Crippen LogP contribution in [0.3, 0.4) is 0 Å². The fourth-order valence-corrected chi connectivity index (χ4v) is 4.76. The fourth-order valence-electron chi connectivity index (χ4n) is 4.64. The Labute approximate surface area is 175 Å². The van der Waals surface area contributed by atoms with Crippen molar-refractivity contribution in [2.75, 3.05) is 13.1 Å². The summed E-state index contributed by atoms with van der Waals surface area (Å²) in [5.41, 5.74) is 1.60. The molecule has 0 bridgehead atoms. The highest BCUT2D eigenvalue weighted by molar-refractivity contribution is 6.30. The average Bonchev–Trinajstić information content (AvgIpc) is 3.21. The van der Waals surface area contributed by atoms with E-state index in [1.165, 1.54) is 0 Å². The minimum absolute atomic E-state index is 0.00344. The van der Waals surface area contributed by atoms with Crippen molar-refractivity contribution in [2.45, 2.75) is 37.2 Å². The molecule has 1 amide bonds. The van der Waals surface area contributed by atoms with Crippen molar-refractivity contribution >= 4 is 28.4 Å². The second-order valence-electron chi connectivity index (χ2n) is 8.09. The van der Waals surface area contributed by atoms with E-state index < -0.39 is 5.41 Å². The molecule has 1 aliphatic heterocycles. The number of carbonyl (C=O) groups is 1. The van der Waals surface area contributed by atoms with Crippen LogP contribution in [0.1, 0.15) is 31.2 Å². The molecule has 1 aliphatic carbocycles. The van der Waals surface area contributed by atoms with Crippen LogP contribution in [0.4, 0.5) is 0 Å². The van der Waals surface area contributed by atoms with Crippen molar-refractivity contribution in [3.05, 3.63) is 71.2 Å². The minimum atomic E-state index is -0.406. The van der Waals surface area contributed by atoms with Gasteiger partial charge in [0, 0.05) is 16.5 Å². The number of benzene rings is 2. The van der Waals surface area contributed by atoms with Gasteiger partial charge in [-0.1, -0.05) is 54.8 Å². The van der Waals surface area contributed by atoms with E-state index in [4.69, 9.17) is 16.3 Å². The number of aromatic nitrogens is 1. The molecule has 1 aromatic heterocycles. The Bertz CT molecular complexity index is 1040. The maximum absolute atomic E-state index is 13.4. The van der Waals surface area contributed by atoms with Gasteiger partial charge in [0.1, 0.15) is 6.10 Å². The van der Waals surface area contributed by atoms with Crippen LogP contribution < -0.4 is 4.74 Å². The number of halogens is 1. The lowest BCUT2D eigenvalue weighted by atomic mass is 9.77. The largest absolute Gasteiger partial charge is 0.471 e. The molecule has 2 heterocycles. The number of rotatable bonds is 4. The highest BCUT2D eigenvalue weighted by atomic mass is 35.5. The normalized spacial score (nSPS) is 18.6. The van der Waals surface area contributed by atoms with Crippen LogP contribution in [0.2, 0.25) is 5.02 Å². The van der Waals surface area contributed by atoms with Crippen LogP contribution in [0.5, 0.6) is 5.88 Å². The number of amides is 1. The first kappa shape index (κ1) is 18.4. The number of likely N-dealkylation sites (tertiary alicyclic amines) is 1. The van der Waals surface area contributed by atoms with Gasteiger partial charge in [-0.2, -0.15) is 0 Å². The Morgan fingerprint density at radius 3 is 2.48 bits per heavy atom. The van der Waals surface area contributed by atoms with Crippen molar-refractivity contribution in [1.29, 1.82) is 0 Å². The predicted molar refractivity (Wildman–Crippen MR) is 114 cm³/mol. The van der Waals surface area contributed by atoms with Gasteiger partial charge in [0.2, 0.25) is 11.8 Å². The Kier molecular flexibility index (Phi) is 4.67. The maximum atomic E-state index is 13.4. The molecule has 29 heavy (non-hydrogen) atoms. The number of hydrogen-bond donors (Lipinski definition) is 0. The molecule has 0 spiro atoms. The molecule has 2 fully saturated rings. The third kappa shape index (κ3) is 3.36. The second-order valence-corrected chi connectivity index (χ2v) is 8.52. The lowest BCUT2D eigenvalue weighted by Gasteiger charge is -2.43. The highest BCUT2D eigenvalue weighted by Crippen LogP contribution is 2.43. The zero-order chi connectivity index (χ0) is 19.8. The molecule has 148 valence electrons. The molecule has 2 aliphatic rings. The van der Waals surface area contributed by atoms with Crippen molar-refractivity contribution < 1.29 is 9.53 Å². The molecule has 2 aromatic carbocycles. The first-order valence-electron chi connectivity index (χ1n) is 10.2. The molecule has 0 atom stereocenters. The van der Waals surface area contributed by atoms with Crippen LogP contribution in [0.25, 0.3) is 10.9 Å². The lowest BCUT2D eigenvalue weighted by molar-refractivity contribution is -0.146. The van der Waals surface area contributed by atoms with Crippen LogP contribution in [-0.4, -0.2) is 35.0 Å². The second kappa shape index (κ2) is 7.34. The number of pyridine rings is 1. The van der Waals surface area contributed by atoms with E-state index >= 15 is 0 Å². The molecule has 0 unspecified atom stereocenters. The molecule has 4 nitrogen and oxygen atoms in total. The Hall–Kier alpha value is -2.59. The molecule has 0 radical (unpaired) electrons. The molecule has 1 saturated carbocycles. The monoisotopic (exact) mass is 406 g/mol. The lowest BCUT2D eigenvalue weighted by Crippen LogP contribution is -2.60. The number of nitrogens with zero attached hydrogens (tertiary/aromatic N) is 2. The summed E-state index contributed by atoms with van der Waals surface area (Å²) < 4.78 is 6.03. The van der Waals surface area contributed by atoms with Gasteiger partial charge in [-0.05, 0) is 42.7 Å². The highest BCUT2D eigenvalue weighted by Gasteiger charge is 2.48. The molecule has 3 aromatic rings. The van der Waals surface area contributed by atoms with Gasteiger partial charge < -0.3 is 9.64 Å². The van der Waals surface area contributed by atoms with E-state index in [0.29, 0.717) is 24.0 Å². The van der Waals surface area contributed by atoms with Gasteiger partial charge >= 0.3 is 0 Å². The van der Waals surface area contributed by atoms with Crippen molar-refractivity contribution in [3.63, 3.8) is 0 Å². The summed E-state index contributed by atoms with van der Waals surface area (Å²) in [6.45, 7) is 1.23. The summed E-state index contributed by atoms with van der Waals surface area (Å²) >= 11 is 6.06. The minimum Gasteiger partial charge on any atom is -0.471 e. The topological polar surface area (TPSA) is 42.4 Å². The average molecular weight is 407 g/mol. The Morgan fingerprint density at radius 2 is 1.72 bits per heavy atom. The Balaban J connectivity index is 1.27. The predicted octanol–water partition coefficient (Wildman–Crippen LogP) is 4.99. The molecular weight excluding hydrogens is 384 g/mol. The third-order valence-electron chi connectivity index (χ3n) is 6.26. The number of para-hydroxylation sites is 1. The van der Waals surface area contributed by atoms with Crippen LogP contribution >= 0.6 is 11.6 Å². The van der Waals surface area contributed by atoms with Crippen molar-refractivity contribution in [2.24, 2.45) is 0 Å². The van der Waals surface area contributed by atoms with Gasteiger partial charge in [-0.25, -0.2) is 4.98 Å². The summed E-state index contributed by atoms with van der Waals surface area (Å²) in [6, 6.07) is 19.7. The van der Waals surface area contributed by atoms with Crippen LogP contribution in [0, 0.1) is 0 Å². The summed E-state index contributed by atoms with van der Waals surface area (Å²) in [6.07, 6.45) is 3.98. The Morgan fingerprint density at radius 1 is 1.00 bits per heavy atom. The first-order chi connectivity index (χ1) is 14.1. The standard InChI is InChI=1S/C24H23ClN2O2/c25-19-10-8-18(9-11-19)24(13-3-4-14-24)23(28)27-15-20(16-27)29-22-12-7-17-5-1-2-6-21(17)26-22/h1-2,5-12,20H,3-4,13-16H2. The smallest absolute Gasteiger partial charge is 0.233 e. The number of fused-ring (bicyclic) bond motifs is 1. The first-order valence-corrected chi connectivity index (χ1v) is 10.6. The summed E-state index contributed by atoms with van der Waals surface area (Å²) in [5, 5.41) is 1.80. The zero-order valence-corrected chi connectivity index (χ0v) is 16.9. The molecule has 0 N–H and O–H groups in total. The fraction of sp³-hybridized carbons (Fsp3) is 0.333. The quantitative estimate of drug-likeness (QED) is 0.613. The van der Waals surface area contributed by atoms with Gasteiger partial charge in [0.05, 0.1) is 24.0 Å². The molecule has 5 heteroatoms.